The van der Waals surface area contributed by atoms with Crippen LogP contribution in [0, 0.1) is 11.8 Å². The highest BCUT2D eigenvalue weighted by Gasteiger charge is 2.39. The molecule has 0 unspecified atom stereocenters. The van der Waals surface area contributed by atoms with Crippen LogP contribution in [0.15, 0.2) is 30.3 Å². The van der Waals surface area contributed by atoms with Crippen LogP contribution in [-0.4, -0.2) is 90.1 Å². The first-order valence-corrected chi connectivity index (χ1v) is 15.0. The first-order chi connectivity index (χ1) is 19.4. The molecule has 5 N–H and O–H groups in total. The lowest BCUT2D eigenvalue weighted by Gasteiger charge is -2.32. The number of carbonyl (C=O) groups is 3. The van der Waals surface area contributed by atoms with E-state index in [1.54, 1.807) is 4.90 Å². The normalized spacial score (nSPS) is 21.1. The van der Waals surface area contributed by atoms with E-state index in [1.165, 1.54) is 6.42 Å². The molecular weight excluding hydrogens is 512 g/mol. The minimum atomic E-state index is -1.00. The molecular formula is C30H46N4O6. The van der Waals surface area contributed by atoms with Gasteiger partial charge in [-0.25, -0.2) is 4.79 Å². The molecule has 4 atom stereocenters. The summed E-state index contributed by atoms with van der Waals surface area (Å²) in [5.74, 6) is -0.107. The Labute approximate surface area is 237 Å². The summed E-state index contributed by atoms with van der Waals surface area (Å²) in [5, 5.41) is 30.1. The van der Waals surface area contributed by atoms with Gasteiger partial charge in [0.2, 0.25) is 11.8 Å². The first kappa shape index (κ1) is 30.3. The van der Waals surface area contributed by atoms with Crippen molar-refractivity contribution in [2.75, 3.05) is 32.8 Å². The molecule has 10 nitrogen and oxygen atoms in total. The Morgan fingerprint density at radius 3 is 2.33 bits per heavy atom. The lowest BCUT2D eigenvalue weighted by Crippen LogP contribution is -2.54. The van der Waals surface area contributed by atoms with Gasteiger partial charge in [0.1, 0.15) is 12.1 Å². The number of rotatable bonds is 13. The zero-order chi connectivity index (χ0) is 28.3. The third kappa shape index (κ3) is 9.45. The Balaban J connectivity index is 1.29. The summed E-state index contributed by atoms with van der Waals surface area (Å²) >= 11 is 0. The Bertz CT molecular complexity index is 947. The van der Waals surface area contributed by atoms with Crippen molar-refractivity contribution >= 4 is 17.8 Å². The second kappa shape index (κ2) is 15.3. The number of hydrogen-bond donors (Lipinski definition) is 5. The van der Waals surface area contributed by atoms with Gasteiger partial charge in [-0.2, -0.15) is 0 Å². The number of aliphatic hydroxyl groups is 2. The van der Waals surface area contributed by atoms with Gasteiger partial charge in [0.05, 0.1) is 25.4 Å². The van der Waals surface area contributed by atoms with Crippen LogP contribution in [0.25, 0.3) is 0 Å². The van der Waals surface area contributed by atoms with E-state index in [0.717, 1.165) is 44.1 Å². The maximum absolute atomic E-state index is 13.1. The molecule has 2 saturated carbocycles. The molecule has 1 heterocycles. The largest absolute Gasteiger partial charge is 0.390 e. The van der Waals surface area contributed by atoms with Gasteiger partial charge in [0, 0.05) is 32.5 Å². The molecule has 0 aromatic heterocycles. The number of nitrogens with zero attached hydrogens (tertiary/aromatic N) is 1. The van der Waals surface area contributed by atoms with Crippen LogP contribution in [-0.2, 0) is 20.7 Å². The Morgan fingerprint density at radius 1 is 0.950 bits per heavy atom. The number of hydrogen-bond acceptors (Lipinski definition) is 6. The number of nitrogens with one attached hydrogen (secondary N) is 3. The average molecular weight is 559 g/mol. The van der Waals surface area contributed by atoms with E-state index in [-0.39, 0.29) is 36.7 Å². The van der Waals surface area contributed by atoms with E-state index in [2.05, 4.69) is 16.0 Å². The smallest absolute Gasteiger partial charge is 0.318 e. The minimum Gasteiger partial charge on any atom is -0.390 e. The highest BCUT2D eigenvalue weighted by Crippen LogP contribution is 2.36. The predicted octanol–water partition coefficient (Wildman–Crippen LogP) is 1.73. The lowest BCUT2D eigenvalue weighted by atomic mass is 9.82. The van der Waals surface area contributed by atoms with Crippen molar-refractivity contribution in [2.24, 2.45) is 11.8 Å². The van der Waals surface area contributed by atoms with Crippen molar-refractivity contribution in [3.05, 3.63) is 35.9 Å². The van der Waals surface area contributed by atoms with Crippen molar-refractivity contribution in [1.29, 1.82) is 0 Å². The zero-order valence-electron chi connectivity index (χ0n) is 23.4. The predicted molar refractivity (Wildman–Crippen MR) is 150 cm³/mol. The molecule has 10 heteroatoms. The topological polar surface area (TPSA) is 140 Å². The Hall–Kier alpha value is -2.69. The number of amides is 4. The standard InChI is InChI=1S/C30H46N4O6/c35-26(32-24(19-21-7-3-1-4-8-21)28(37)27(36)23-11-12-23)13-14-31-29(38)25(20-22-9-5-2-6-10-22)33-30(39)34-15-17-40-18-16-34/h2,5-6,9-10,21,23-25,27-28,36-37H,1,3-4,7-8,11-20H2,(H,31,38)(H,32,35)(H,33,39)/t24-,25-,27-,28+/m0/s1. The summed E-state index contributed by atoms with van der Waals surface area (Å²) in [6.07, 6.45) is 6.67. The van der Waals surface area contributed by atoms with Gasteiger partial charge >= 0.3 is 6.03 Å². The number of morpholine rings is 1. The number of benzene rings is 1. The Kier molecular flexibility index (Phi) is 11.6. The summed E-state index contributed by atoms with van der Waals surface area (Å²) in [6.45, 7) is 1.96. The van der Waals surface area contributed by atoms with Gasteiger partial charge in [-0.05, 0) is 36.7 Å². The summed E-state index contributed by atoms with van der Waals surface area (Å²) in [6, 6.07) is 7.85. The highest BCUT2D eigenvalue weighted by molar-refractivity contribution is 5.87. The van der Waals surface area contributed by atoms with Gasteiger partial charge in [-0.3, -0.25) is 9.59 Å². The van der Waals surface area contributed by atoms with Crippen LogP contribution in [0.3, 0.4) is 0 Å². The van der Waals surface area contributed by atoms with Gasteiger partial charge < -0.3 is 35.8 Å². The molecule has 3 aliphatic rings. The van der Waals surface area contributed by atoms with E-state index in [1.807, 2.05) is 30.3 Å². The van der Waals surface area contributed by atoms with Crippen molar-refractivity contribution in [3.8, 4) is 0 Å². The molecule has 1 aromatic rings. The maximum Gasteiger partial charge on any atom is 0.318 e. The third-order valence-corrected chi connectivity index (χ3v) is 8.37. The first-order valence-electron chi connectivity index (χ1n) is 15.0. The molecule has 4 rings (SSSR count). The highest BCUT2D eigenvalue weighted by atomic mass is 16.5. The van der Waals surface area contributed by atoms with Crippen LogP contribution in [0.5, 0.6) is 0 Å². The molecule has 1 saturated heterocycles. The van der Waals surface area contributed by atoms with E-state index in [0.29, 0.717) is 45.1 Å². The van der Waals surface area contributed by atoms with Crippen molar-refractivity contribution in [3.63, 3.8) is 0 Å². The second-order valence-corrected chi connectivity index (χ2v) is 11.6. The molecule has 1 aromatic carbocycles. The fourth-order valence-electron chi connectivity index (χ4n) is 5.79. The van der Waals surface area contributed by atoms with Crippen LogP contribution >= 0.6 is 0 Å². The van der Waals surface area contributed by atoms with E-state index < -0.39 is 24.3 Å². The van der Waals surface area contributed by atoms with Crippen LogP contribution in [0.2, 0.25) is 0 Å². The van der Waals surface area contributed by atoms with Gasteiger partial charge in [0.25, 0.3) is 0 Å². The fourth-order valence-corrected chi connectivity index (χ4v) is 5.79. The molecule has 40 heavy (non-hydrogen) atoms. The van der Waals surface area contributed by atoms with Gasteiger partial charge in [-0.1, -0.05) is 62.4 Å². The molecule has 1 aliphatic heterocycles. The number of urea groups is 1. The van der Waals surface area contributed by atoms with Gasteiger partial charge in [0.15, 0.2) is 0 Å². The second-order valence-electron chi connectivity index (χ2n) is 11.6. The lowest BCUT2D eigenvalue weighted by molar-refractivity contribution is -0.124. The van der Waals surface area contributed by atoms with Crippen LogP contribution < -0.4 is 16.0 Å². The summed E-state index contributed by atoms with van der Waals surface area (Å²) in [7, 11) is 0. The number of ether oxygens (including phenoxy) is 1. The molecule has 222 valence electrons. The third-order valence-electron chi connectivity index (χ3n) is 8.37. The SMILES string of the molecule is O=C(CCNC(=O)[C@H](Cc1ccccc1)NC(=O)N1CCOCC1)N[C@@H](CC1CCCCC1)[C@@H](O)[C@@H](O)C1CC1. The number of carbonyl (C=O) groups excluding carboxylic acids is 3. The fraction of sp³-hybridized carbons (Fsp3) is 0.700. The quantitative estimate of drug-likeness (QED) is 0.250. The summed E-state index contributed by atoms with van der Waals surface area (Å²) < 4.78 is 5.32. The monoisotopic (exact) mass is 558 g/mol. The molecule has 3 fully saturated rings. The minimum absolute atomic E-state index is 0.0363. The van der Waals surface area contributed by atoms with Crippen LogP contribution in [0.1, 0.15) is 63.4 Å². The van der Waals surface area contributed by atoms with E-state index >= 15 is 0 Å². The summed E-state index contributed by atoms with van der Waals surface area (Å²) in [5.41, 5.74) is 0.913. The van der Waals surface area contributed by atoms with Crippen molar-refractivity contribution < 1.29 is 29.3 Å². The molecule has 0 spiro atoms. The van der Waals surface area contributed by atoms with E-state index in [9.17, 15) is 24.6 Å². The Morgan fingerprint density at radius 2 is 1.65 bits per heavy atom. The maximum atomic E-state index is 13.1. The van der Waals surface area contributed by atoms with Crippen molar-refractivity contribution in [1.82, 2.24) is 20.9 Å². The number of aliphatic hydroxyl groups excluding tert-OH is 2. The molecule has 4 amide bonds. The molecule has 2 aliphatic carbocycles. The summed E-state index contributed by atoms with van der Waals surface area (Å²) in [4.78, 5) is 40.5. The van der Waals surface area contributed by atoms with Gasteiger partial charge in [-0.15, -0.1) is 0 Å². The average Bonchev–Trinajstić information content (AvgIpc) is 3.83. The van der Waals surface area contributed by atoms with E-state index in [4.69, 9.17) is 4.74 Å². The molecule has 0 bridgehead atoms. The zero-order valence-corrected chi connectivity index (χ0v) is 23.4. The van der Waals surface area contributed by atoms with Crippen LogP contribution in [0.4, 0.5) is 4.79 Å². The molecule has 0 radical (unpaired) electrons. The van der Waals surface area contributed by atoms with Crippen molar-refractivity contribution in [2.45, 2.75) is 88.5 Å².